The third-order valence-electron chi connectivity index (χ3n) is 6.93. The van der Waals surface area contributed by atoms with Gasteiger partial charge in [0.1, 0.15) is 0 Å². The molecule has 4 rings (SSSR count). The van der Waals surface area contributed by atoms with Crippen LogP contribution in [0, 0.1) is 23.7 Å². The van der Waals surface area contributed by atoms with Crippen LogP contribution in [0.4, 0.5) is 0 Å². The van der Waals surface area contributed by atoms with E-state index < -0.39 is 0 Å². The highest BCUT2D eigenvalue weighted by molar-refractivity contribution is 4.80. The predicted octanol–water partition coefficient (Wildman–Crippen LogP) is 6.73. The molecular formula is C20H36. The van der Waals surface area contributed by atoms with Crippen molar-refractivity contribution in [3.05, 3.63) is 0 Å². The summed E-state index contributed by atoms with van der Waals surface area (Å²) in [5, 5.41) is 0. The molecule has 4 saturated carbocycles. The van der Waals surface area contributed by atoms with E-state index >= 15 is 0 Å². The smallest absolute Gasteiger partial charge is 0.0386 e. The highest BCUT2D eigenvalue weighted by Crippen LogP contribution is 2.41. The average Bonchev–Trinajstić information content (AvgIpc) is 2.98. The topological polar surface area (TPSA) is 0 Å². The van der Waals surface area contributed by atoms with Crippen LogP contribution in [0.2, 0.25) is 0 Å². The SMILES string of the molecule is C1CCC2CCCC2CC1.C1CCC2CCCC2CC1. The van der Waals surface area contributed by atoms with Crippen LogP contribution in [0.5, 0.6) is 0 Å². The molecule has 116 valence electrons. The number of hydrogen-bond acceptors (Lipinski definition) is 0. The maximum absolute atomic E-state index is 1.56. The summed E-state index contributed by atoms with van der Waals surface area (Å²) in [6.45, 7) is 0. The zero-order chi connectivity index (χ0) is 13.6. The van der Waals surface area contributed by atoms with Crippen LogP contribution in [0.1, 0.15) is 103 Å². The minimum Gasteiger partial charge on any atom is -0.0533 e. The molecule has 0 bridgehead atoms. The molecule has 0 heteroatoms. The molecule has 0 spiro atoms. The van der Waals surface area contributed by atoms with Gasteiger partial charge < -0.3 is 0 Å². The number of rotatable bonds is 0. The first-order valence-corrected chi connectivity index (χ1v) is 9.93. The van der Waals surface area contributed by atoms with E-state index in [1.807, 2.05) is 0 Å². The van der Waals surface area contributed by atoms with Crippen molar-refractivity contribution in [1.82, 2.24) is 0 Å². The van der Waals surface area contributed by atoms with Gasteiger partial charge in [0.15, 0.2) is 0 Å². The highest BCUT2D eigenvalue weighted by Gasteiger charge is 2.28. The molecule has 0 heterocycles. The van der Waals surface area contributed by atoms with Crippen molar-refractivity contribution in [2.24, 2.45) is 23.7 Å². The maximum atomic E-state index is 1.56. The Hall–Kier alpha value is 0. The Bertz CT molecular complexity index is 217. The fourth-order valence-corrected chi connectivity index (χ4v) is 5.73. The Morgan fingerprint density at radius 3 is 0.800 bits per heavy atom. The van der Waals surface area contributed by atoms with E-state index in [4.69, 9.17) is 0 Å². The van der Waals surface area contributed by atoms with Crippen LogP contribution in [0.25, 0.3) is 0 Å². The minimum atomic E-state index is 1.16. The van der Waals surface area contributed by atoms with Gasteiger partial charge in [0, 0.05) is 0 Å². The molecule has 0 aromatic carbocycles. The molecule has 0 N–H and O–H groups in total. The first-order valence-electron chi connectivity index (χ1n) is 9.93. The van der Waals surface area contributed by atoms with E-state index in [0.29, 0.717) is 0 Å². The van der Waals surface area contributed by atoms with Crippen molar-refractivity contribution in [2.75, 3.05) is 0 Å². The third-order valence-corrected chi connectivity index (χ3v) is 6.93. The van der Waals surface area contributed by atoms with Crippen molar-refractivity contribution in [3.63, 3.8) is 0 Å². The maximum Gasteiger partial charge on any atom is -0.0386 e. The zero-order valence-electron chi connectivity index (χ0n) is 13.6. The first kappa shape index (κ1) is 14.9. The normalized spacial score (nSPS) is 40.8. The summed E-state index contributed by atoms with van der Waals surface area (Å²) < 4.78 is 0. The second-order valence-corrected chi connectivity index (χ2v) is 8.18. The molecule has 0 nitrogen and oxygen atoms in total. The lowest BCUT2D eigenvalue weighted by atomic mass is 9.92. The molecule has 4 aliphatic carbocycles. The lowest BCUT2D eigenvalue weighted by molar-refractivity contribution is 0.367. The summed E-state index contributed by atoms with van der Waals surface area (Å²) in [5.41, 5.74) is 0. The molecule has 0 saturated heterocycles. The van der Waals surface area contributed by atoms with Crippen molar-refractivity contribution in [3.8, 4) is 0 Å². The van der Waals surface area contributed by atoms with E-state index in [9.17, 15) is 0 Å². The summed E-state index contributed by atoms with van der Waals surface area (Å²) in [5.74, 6) is 4.62. The standard InChI is InChI=1S/2C10H18/c2*1-2-5-9-7-4-8-10(9)6-3-1/h2*9-10H,1-8H2. The van der Waals surface area contributed by atoms with Crippen molar-refractivity contribution >= 4 is 0 Å². The van der Waals surface area contributed by atoms with Gasteiger partial charge in [-0.05, 0) is 23.7 Å². The van der Waals surface area contributed by atoms with Gasteiger partial charge in [0.05, 0.1) is 0 Å². The molecule has 20 heavy (non-hydrogen) atoms. The molecule has 4 unspecified atom stereocenters. The van der Waals surface area contributed by atoms with Crippen LogP contribution < -0.4 is 0 Å². The van der Waals surface area contributed by atoms with E-state index in [-0.39, 0.29) is 0 Å². The number of hydrogen-bond donors (Lipinski definition) is 0. The summed E-state index contributed by atoms with van der Waals surface area (Å²) in [6.07, 6.45) is 24.7. The minimum absolute atomic E-state index is 1.16. The summed E-state index contributed by atoms with van der Waals surface area (Å²) >= 11 is 0. The van der Waals surface area contributed by atoms with Crippen LogP contribution >= 0.6 is 0 Å². The Morgan fingerprint density at radius 2 is 0.500 bits per heavy atom. The van der Waals surface area contributed by atoms with Gasteiger partial charge in [-0.3, -0.25) is 0 Å². The van der Waals surface area contributed by atoms with Gasteiger partial charge in [-0.15, -0.1) is 0 Å². The van der Waals surface area contributed by atoms with Gasteiger partial charge in [0.25, 0.3) is 0 Å². The van der Waals surface area contributed by atoms with Gasteiger partial charge in [-0.1, -0.05) is 103 Å². The third kappa shape index (κ3) is 4.01. The molecular weight excluding hydrogens is 240 g/mol. The molecule has 4 atom stereocenters. The van der Waals surface area contributed by atoms with E-state index in [0.717, 1.165) is 23.7 Å². The molecule has 0 amide bonds. The van der Waals surface area contributed by atoms with E-state index in [1.165, 1.54) is 51.4 Å². The van der Waals surface area contributed by atoms with Gasteiger partial charge in [-0.25, -0.2) is 0 Å². The molecule has 0 aromatic rings. The lowest BCUT2D eigenvalue weighted by Gasteiger charge is -2.14. The second-order valence-electron chi connectivity index (χ2n) is 8.18. The van der Waals surface area contributed by atoms with E-state index in [2.05, 4.69) is 0 Å². The summed E-state index contributed by atoms with van der Waals surface area (Å²) in [7, 11) is 0. The van der Waals surface area contributed by atoms with Crippen LogP contribution in [-0.4, -0.2) is 0 Å². The lowest BCUT2D eigenvalue weighted by Crippen LogP contribution is -2.04. The quantitative estimate of drug-likeness (QED) is 0.460. The van der Waals surface area contributed by atoms with Gasteiger partial charge in [-0.2, -0.15) is 0 Å². The van der Waals surface area contributed by atoms with Gasteiger partial charge >= 0.3 is 0 Å². The fraction of sp³-hybridized carbons (Fsp3) is 1.00. The predicted molar refractivity (Wildman–Crippen MR) is 87.8 cm³/mol. The van der Waals surface area contributed by atoms with E-state index in [1.54, 1.807) is 51.4 Å². The van der Waals surface area contributed by atoms with Crippen molar-refractivity contribution in [2.45, 2.75) is 103 Å². The summed E-state index contributed by atoms with van der Waals surface area (Å²) in [4.78, 5) is 0. The second kappa shape index (κ2) is 7.85. The fourth-order valence-electron chi connectivity index (χ4n) is 5.73. The zero-order valence-corrected chi connectivity index (χ0v) is 13.6. The van der Waals surface area contributed by atoms with Crippen molar-refractivity contribution < 1.29 is 0 Å². The average molecular weight is 277 g/mol. The largest absolute Gasteiger partial charge is 0.0533 e. The van der Waals surface area contributed by atoms with Crippen LogP contribution in [0.3, 0.4) is 0 Å². The molecule has 0 aromatic heterocycles. The Kier molecular flexibility index (Phi) is 5.86. The van der Waals surface area contributed by atoms with Crippen molar-refractivity contribution in [1.29, 1.82) is 0 Å². The molecule has 0 radical (unpaired) electrons. The summed E-state index contributed by atoms with van der Waals surface area (Å²) in [6, 6.07) is 0. The van der Waals surface area contributed by atoms with Gasteiger partial charge in [0.2, 0.25) is 0 Å². The Labute approximate surface area is 127 Å². The molecule has 0 aliphatic heterocycles. The first-order chi connectivity index (χ1) is 9.93. The van der Waals surface area contributed by atoms with Crippen LogP contribution in [-0.2, 0) is 0 Å². The van der Waals surface area contributed by atoms with Crippen LogP contribution in [0.15, 0.2) is 0 Å². The monoisotopic (exact) mass is 276 g/mol. The molecule has 4 fully saturated rings. The Morgan fingerprint density at radius 1 is 0.250 bits per heavy atom. The number of fused-ring (bicyclic) bond motifs is 2. The molecule has 4 aliphatic rings. The highest BCUT2D eigenvalue weighted by atomic mass is 14.3. The Balaban J connectivity index is 0.000000121.